The van der Waals surface area contributed by atoms with E-state index >= 15 is 0 Å². The third-order valence-corrected chi connectivity index (χ3v) is 3.04. The Bertz CT molecular complexity index is 445. The second-order valence-corrected chi connectivity index (χ2v) is 4.70. The van der Waals surface area contributed by atoms with Crippen LogP contribution < -0.4 is 5.56 Å². The molecule has 0 bridgehead atoms. The van der Waals surface area contributed by atoms with Crippen LogP contribution >= 0.6 is 11.8 Å². The summed E-state index contributed by atoms with van der Waals surface area (Å²) in [7, 11) is 0. The molecule has 1 aromatic rings. The zero-order chi connectivity index (χ0) is 13.4. The summed E-state index contributed by atoms with van der Waals surface area (Å²) >= 11 is 1.19. The Morgan fingerprint density at radius 3 is 2.94 bits per heavy atom. The fourth-order valence-electron chi connectivity index (χ4n) is 1.37. The molecule has 0 aromatic carbocycles. The van der Waals surface area contributed by atoms with Crippen molar-refractivity contribution >= 4 is 17.7 Å². The number of aryl methyl sites for hydroxylation is 1. The average Bonchev–Trinajstić information content (AvgIpc) is 2.34. The van der Waals surface area contributed by atoms with E-state index in [-0.39, 0.29) is 17.3 Å². The van der Waals surface area contributed by atoms with Crippen molar-refractivity contribution in [2.75, 3.05) is 12.4 Å². The molecule has 0 radical (unpaired) electrons. The first-order valence-corrected chi connectivity index (χ1v) is 7.03. The average molecular weight is 270 g/mol. The van der Waals surface area contributed by atoms with Crippen LogP contribution in [0, 0.1) is 0 Å². The predicted molar refractivity (Wildman–Crippen MR) is 70.8 cm³/mol. The Kier molecular flexibility index (Phi) is 6.49. The number of nitrogens with zero attached hydrogens (tertiary/aromatic N) is 1. The fraction of sp³-hybridized carbons (Fsp3) is 0.583. The highest BCUT2D eigenvalue weighted by Gasteiger charge is 2.06. The Hall–Kier alpha value is -1.30. The van der Waals surface area contributed by atoms with Crippen molar-refractivity contribution in [3.63, 3.8) is 0 Å². The van der Waals surface area contributed by atoms with Gasteiger partial charge in [0.25, 0.3) is 5.56 Å². The number of ether oxygens (including phenoxy) is 1. The molecular formula is C12H18N2O3S. The first-order chi connectivity index (χ1) is 8.65. The predicted octanol–water partition coefficient (Wildman–Crippen LogP) is 1.77. The van der Waals surface area contributed by atoms with Crippen LogP contribution in [0.15, 0.2) is 16.0 Å². The number of hydrogen-bond donors (Lipinski definition) is 1. The van der Waals surface area contributed by atoms with Gasteiger partial charge in [-0.25, -0.2) is 4.98 Å². The van der Waals surface area contributed by atoms with Crippen molar-refractivity contribution in [2.45, 2.75) is 38.3 Å². The van der Waals surface area contributed by atoms with E-state index < -0.39 is 0 Å². The minimum atomic E-state index is -0.302. The number of esters is 1. The Morgan fingerprint density at radius 1 is 1.50 bits per heavy atom. The van der Waals surface area contributed by atoms with Crippen molar-refractivity contribution in [1.82, 2.24) is 9.97 Å². The molecule has 0 fully saturated rings. The van der Waals surface area contributed by atoms with Crippen LogP contribution in [0.25, 0.3) is 0 Å². The van der Waals surface area contributed by atoms with Gasteiger partial charge in [-0.05, 0) is 19.8 Å². The van der Waals surface area contributed by atoms with Crippen LogP contribution in [0.4, 0.5) is 0 Å². The van der Waals surface area contributed by atoms with Crippen molar-refractivity contribution in [3.05, 3.63) is 22.1 Å². The van der Waals surface area contributed by atoms with E-state index in [1.54, 1.807) is 6.92 Å². The number of aromatic nitrogens is 2. The third-order valence-electron chi connectivity index (χ3n) is 2.19. The van der Waals surface area contributed by atoms with Gasteiger partial charge in [0.1, 0.15) is 0 Å². The molecule has 0 saturated carbocycles. The number of aromatic amines is 1. The highest BCUT2D eigenvalue weighted by molar-refractivity contribution is 7.99. The van der Waals surface area contributed by atoms with Crippen LogP contribution in [0.5, 0.6) is 0 Å². The van der Waals surface area contributed by atoms with E-state index in [1.165, 1.54) is 17.8 Å². The molecule has 0 spiro atoms. The van der Waals surface area contributed by atoms with Crippen LogP contribution in [0.1, 0.15) is 32.4 Å². The summed E-state index contributed by atoms with van der Waals surface area (Å²) in [5, 5.41) is 0.474. The minimum absolute atomic E-state index is 0.161. The molecule has 0 amide bonds. The van der Waals surface area contributed by atoms with Gasteiger partial charge in [0, 0.05) is 11.8 Å². The van der Waals surface area contributed by atoms with Crippen LogP contribution in [0.2, 0.25) is 0 Å². The monoisotopic (exact) mass is 270 g/mol. The van der Waals surface area contributed by atoms with Gasteiger partial charge in [-0.15, -0.1) is 0 Å². The Labute approximate surface area is 110 Å². The summed E-state index contributed by atoms with van der Waals surface area (Å²) in [6.45, 7) is 4.21. The Morgan fingerprint density at radius 2 is 2.28 bits per heavy atom. The standard InChI is InChI=1S/C12H18N2O3S/c1-3-5-6-9-7-10(15)14-12(13-9)18-8-11(16)17-4-2/h7H,3-6,8H2,1-2H3,(H,13,14,15). The molecule has 1 rings (SSSR count). The van der Waals surface area contributed by atoms with Crippen molar-refractivity contribution < 1.29 is 9.53 Å². The number of rotatable bonds is 7. The molecule has 0 saturated heterocycles. The number of unbranched alkanes of at least 4 members (excludes halogenated alkanes) is 1. The molecule has 1 N–H and O–H groups in total. The molecule has 0 unspecified atom stereocenters. The summed E-state index contributed by atoms with van der Waals surface area (Å²) in [5.41, 5.74) is 0.592. The van der Waals surface area contributed by atoms with Crippen LogP contribution in [-0.2, 0) is 16.0 Å². The van der Waals surface area contributed by atoms with Gasteiger partial charge in [-0.1, -0.05) is 25.1 Å². The van der Waals surface area contributed by atoms with E-state index in [1.807, 2.05) is 0 Å². The number of carbonyl (C=O) groups excluding carboxylic acids is 1. The highest BCUT2D eigenvalue weighted by Crippen LogP contribution is 2.12. The van der Waals surface area contributed by atoms with E-state index in [4.69, 9.17) is 4.74 Å². The molecule has 0 aliphatic rings. The summed E-state index contributed by atoms with van der Waals surface area (Å²) in [5.74, 6) is -0.141. The van der Waals surface area contributed by atoms with E-state index in [2.05, 4.69) is 16.9 Å². The lowest BCUT2D eigenvalue weighted by atomic mass is 10.2. The van der Waals surface area contributed by atoms with Gasteiger partial charge in [0.15, 0.2) is 5.16 Å². The molecule has 100 valence electrons. The second-order valence-electron chi connectivity index (χ2n) is 3.74. The van der Waals surface area contributed by atoms with Gasteiger partial charge in [-0.2, -0.15) is 0 Å². The van der Waals surface area contributed by atoms with E-state index in [0.717, 1.165) is 25.0 Å². The zero-order valence-corrected chi connectivity index (χ0v) is 11.5. The van der Waals surface area contributed by atoms with Gasteiger partial charge in [0.05, 0.1) is 12.4 Å². The number of carbonyl (C=O) groups is 1. The van der Waals surface area contributed by atoms with E-state index in [9.17, 15) is 9.59 Å². The highest BCUT2D eigenvalue weighted by atomic mass is 32.2. The maximum absolute atomic E-state index is 11.4. The summed E-state index contributed by atoms with van der Waals surface area (Å²) < 4.78 is 4.81. The normalized spacial score (nSPS) is 10.3. The molecule has 0 aliphatic heterocycles. The maximum Gasteiger partial charge on any atom is 0.316 e. The number of thioether (sulfide) groups is 1. The molecule has 0 atom stereocenters. The summed E-state index contributed by atoms with van der Waals surface area (Å²) in [4.78, 5) is 29.5. The van der Waals surface area contributed by atoms with Crippen molar-refractivity contribution in [2.24, 2.45) is 0 Å². The molecule has 6 heteroatoms. The zero-order valence-electron chi connectivity index (χ0n) is 10.7. The molecule has 5 nitrogen and oxygen atoms in total. The van der Waals surface area contributed by atoms with Gasteiger partial charge in [-0.3, -0.25) is 9.59 Å². The molecule has 18 heavy (non-hydrogen) atoms. The van der Waals surface area contributed by atoms with Gasteiger partial charge in [0.2, 0.25) is 0 Å². The number of nitrogens with one attached hydrogen (secondary N) is 1. The summed E-state index contributed by atoms with van der Waals surface area (Å²) in [6.07, 6.45) is 2.84. The van der Waals surface area contributed by atoms with Crippen LogP contribution in [0.3, 0.4) is 0 Å². The third kappa shape index (κ3) is 5.35. The quantitative estimate of drug-likeness (QED) is 0.464. The molecule has 1 aromatic heterocycles. The number of H-pyrrole nitrogens is 1. The second kappa shape index (κ2) is 7.92. The molecular weight excluding hydrogens is 252 g/mol. The molecule has 0 aliphatic carbocycles. The molecule has 1 heterocycles. The number of hydrogen-bond acceptors (Lipinski definition) is 5. The van der Waals surface area contributed by atoms with E-state index in [0.29, 0.717) is 11.8 Å². The first kappa shape index (κ1) is 14.8. The first-order valence-electron chi connectivity index (χ1n) is 6.04. The summed E-state index contributed by atoms with van der Waals surface area (Å²) in [6, 6.07) is 1.50. The SMILES string of the molecule is CCCCc1cc(=O)[nH]c(SCC(=O)OCC)n1. The topological polar surface area (TPSA) is 72.0 Å². The van der Waals surface area contributed by atoms with Crippen molar-refractivity contribution in [1.29, 1.82) is 0 Å². The lowest BCUT2D eigenvalue weighted by molar-refractivity contribution is -0.139. The Balaban J connectivity index is 2.62. The lowest BCUT2D eigenvalue weighted by Crippen LogP contribution is -2.12. The fourth-order valence-corrected chi connectivity index (χ4v) is 2.06. The largest absolute Gasteiger partial charge is 0.465 e. The minimum Gasteiger partial charge on any atom is -0.465 e. The van der Waals surface area contributed by atoms with Gasteiger partial charge < -0.3 is 9.72 Å². The lowest BCUT2D eigenvalue weighted by Gasteiger charge is -2.03. The van der Waals surface area contributed by atoms with Crippen LogP contribution in [-0.4, -0.2) is 28.3 Å². The van der Waals surface area contributed by atoms with Gasteiger partial charge >= 0.3 is 5.97 Å². The maximum atomic E-state index is 11.4. The smallest absolute Gasteiger partial charge is 0.316 e. The van der Waals surface area contributed by atoms with Crippen molar-refractivity contribution in [3.8, 4) is 0 Å².